The molecule has 1 aromatic rings. The molecule has 0 radical (unpaired) electrons. The van der Waals surface area contributed by atoms with Crippen LogP contribution in [0.25, 0.3) is 0 Å². The van der Waals surface area contributed by atoms with E-state index in [9.17, 15) is 19.7 Å². The molecule has 2 bridgehead atoms. The standard InChI is InChI=1S/C16H16N2O6/c1-23-12-6-8(18(21)22)2-3-10(12)17-15(19)13-7-4-9-11(5-7)24-16(20)14(9)13/h2-3,6-7,9,11,13-14H,4-5H2,1H3,(H,17,19)/t7-,9+,11-,13+,14+/m1/s1. The van der Waals surface area contributed by atoms with Crippen molar-refractivity contribution in [2.24, 2.45) is 23.7 Å². The molecule has 5 atom stereocenters. The van der Waals surface area contributed by atoms with Crippen molar-refractivity contribution in [2.45, 2.75) is 18.9 Å². The fraction of sp³-hybridized carbons (Fsp3) is 0.500. The Morgan fingerprint density at radius 3 is 2.92 bits per heavy atom. The van der Waals surface area contributed by atoms with Crippen LogP contribution in [0.1, 0.15) is 12.8 Å². The average Bonchev–Trinajstić information content (AvgIpc) is 3.16. The highest BCUT2D eigenvalue weighted by Crippen LogP contribution is 2.57. The van der Waals surface area contributed by atoms with Crippen LogP contribution in [-0.4, -0.2) is 30.0 Å². The molecule has 4 rings (SSSR count). The molecule has 8 nitrogen and oxygen atoms in total. The van der Waals surface area contributed by atoms with Gasteiger partial charge < -0.3 is 14.8 Å². The minimum Gasteiger partial charge on any atom is -0.494 e. The van der Waals surface area contributed by atoms with Crippen molar-refractivity contribution in [2.75, 3.05) is 12.4 Å². The number of nitrogens with zero attached hydrogens (tertiary/aromatic N) is 1. The second-order valence-corrected chi connectivity index (χ2v) is 6.55. The van der Waals surface area contributed by atoms with Crippen molar-refractivity contribution in [3.8, 4) is 5.75 Å². The van der Waals surface area contributed by atoms with Crippen molar-refractivity contribution in [3.05, 3.63) is 28.3 Å². The van der Waals surface area contributed by atoms with Crippen LogP contribution in [0.3, 0.4) is 0 Å². The lowest BCUT2D eigenvalue weighted by Crippen LogP contribution is -2.35. The Kier molecular flexibility index (Phi) is 3.22. The molecule has 3 fully saturated rings. The first-order valence-corrected chi connectivity index (χ1v) is 7.83. The molecule has 0 unspecified atom stereocenters. The number of nitro benzene ring substituents is 1. The molecule has 8 heteroatoms. The Morgan fingerprint density at radius 1 is 1.42 bits per heavy atom. The topological polar surface area (TPSA) is 108 Å². The van der Waals surface area contributed by atoms with E-state index in [-0.39, 0.29) is 47.2 Å². The molecule has 126 valence electrons. The smallest absolute Gasteiger partial charge is 0.310 e. The summed E-state index contributed by atoms with van der Waals surface area (Å²) in [5.41, 5.74) is 0.241. The summed E-state index contributed by atoms with van der Waals surface area (Å²) in [4.78, 5) is 35.0. The number of amides is 1. The first-order chi connectivity index (χ1) is 11.5. The van der Waals surface area contributed by atoms with Gasteiger partial charge in [0, 0.05) is 12.0 Å². The fourth-order valence-corrected chi connectivity index (χ4v) is 4.48. The van der Waals surface area contributed by atoms with Gasteiger partial charge in [-0.1, -0.05) is 0 Å². The maximum atomic E-state index is 12.7. The maximum absolute atomic E-state index is 12.7. The van der Waals surface area contributed by atoms with Gasteiger partial charge in [-0.25, -0.2) is 0 Å². The first kappa shape index (κ1) is 14.9. The summed E-state index contributed by atoms with van der Waals surface area (Å²) in [7, 11) is 1.38. The third-order valence-electron chi connectivity index (χ3n) is 5.44. The number of benzene rings is 1. The summed E-state index contributed by atoms with van der Waals surface area (Å²) in [5.74, 6) is -0.776. The number of carbonyl (C=O) groups excluding carboxylic acids is 2. The van der Waals surface area contributed by atoms with E-state index in [1.54, 1.807) is 0 Å². The number of carbonyl (C=O) groups is 2. The van der Waals surface area contributed by atoms with E-state index in [4.69, 9.17) is 9.47 Å². The zero-order valence-electron chi connectivity index (χ0n) is 12.9. The van der Waals surface area contributed by atoms with Crippen molar-refractivity contribution < 1.29 is 24.0 Å². The van der Waals surface area contributed by atoms with Gasteiger partial charge in [0.1, 0.15) is 11.9 Å². The summed E-state index contributed by atoms with van der Waals surface area (Å²) in [5, 5.41) is 13.6. The van der Waals surface area contributed by atoms with E-state index < -0.39 is 10.8 Å². The molecule has 0 aromatic heterocycles. The Hall–Kier alpha value is -2.64. The fourth-order valence-electron chi connectivity index (χ4n) is 4.48. The van der Waals surface area contributed by atoms with Crippen LogP contribution in [0.15, 0.2) is 18.2 Å². The van der Waals surface area contributed by atoms with Crippen LogP contribution in [0.4, 0.5) is 11.4 Å². The van der Waals surface area contributed by atoms with Crippen LogP contribution < -0.4 is 10.1 Å². The second kappa shape index (κ2) is 5.19. The minimum absolute atomic E-state index is 0.0227. The number of ether oxygens (including phenoxy) is 2. The summed E-state index contributed by atoms with van der Waals surface area (Å²) < 4.78 is 10.5. The van der Waals surface area contributed by atoms with E-state index in [1.807, 2.05) is 0 Å². The number of non-ortho nitro benzene ring substituents is 1. The highest BCUT2D eigenvalue weighted by Gasteiger charge is 2.63. The normalized spacial score (nSPS) is 32.5. The van der Waals surface area contributed by atoms with E-state index >= 15 is 0 Å². The number of nitro groups is 1. The first-order valence-electron chi connectivity index (χ1n) is 7.83. The van der Waals surface area contributed by atoms with E-state index in [2.05, 4.69) is 5.32 Å². The van der Waals surface area contributed by atoms with Crippen molar-refractivity contribution in [1.82, 2.24) is 0 Å². The second-order valence-electron chi connectivity index (χ2n) is 6.55. The number of anilines is 1. The molecule has 1 saturated heterocycles. The van der Waals surface area contributed by atoms with Gasteiger partial charge in [0.05, 0.1) is 35.6 Å². The highest BCUT2D eigenvalue weighted by molar-refractivity contribution is 5.98. The lowest BCUT2D eigenvalue weighted by molar-refractivity contribution is -0.384. The lowest BCUT2D eigenvalue weighted by Gasteiger charge is -2.23. The summed E-state index contributed by atoms with van der Waals surface area (Å²) in [6.45, 7) is 0. The van der Waals surface area contributed by atoms with Gasteiger partial charge in [0.15, 0.2) is 0 Å². The van der Waals surface area contributed by atoms with Gasteiger partial charge in [-0.05, 0) is 24.8 Å². The van der Waals surface area contributed by atoms with Gasteiger partial charge in [-0.3, -0.25) is 19.7 Å². The lowest BCUT2D eigenvalue weighted by atomic mass is 9.79. The van der Waals surface area contributed by atoms with Crippen LogP contribution >= 0.6 is 0 Å². The zero-order valence-corrected chi connectivity index (χ0v) is 12.9. The Bertz CT molecular complexity index is 746. The largest absolute Gasteiger partial charge is 0.494 e. The van der Waals surface area contributed by atoms with Gasteiger partial charge in [0.2, 0.25) is 5.91 Å². The van der Waals surface area contributed by atoms with Crippen LogP contribution in [0, 0.1) is 33.8 Å². The number of hydrogen-bond donors (Lipinski definition) is 1. The monoisotopic (exact) mass is 332 g/mol. The maximum Gasteiger partial charge on any atom is 0.310 e. The van der Waals surface area contributed by atoms with Gasteiger partial charge in [0.25, 0.3) is 5.69 Å². The molecule has 0 spiro atoms. The number of nitrogens with one attached hydrogen (secondary N) is 1. The van der Waals surface area contributed by atoms with E-state index in [0.717, 1.165) is 12.8 Å². The van der Waals surface area contributed by atoms with Crippen LogP contribution in [0.5, 0.6) is 5.75 Å². The van der Waals surface area contributed by atoms with Crippen LogP contribution in [0.2, 0.25) is 0 Å². The zero-order chi connectivity index (χ0) is 17.0. The molecule has 3 aliphatic rings. The third kappa shape index (κ3) is 2.05. The van der Waals surface area contributed by atoms with Gasteiger partial charge in [-0.2, -0.15) is 0 Å². The number of fused-ring (bicyclic) bond motifs is 1. The summed E-state index contributed by atoms with van der Waals surface area (Å²) in [6.07, 6.45) is 1.56. The molecular weight excluding hydrogens is 316 g/mol. The molecule has 24 heavy (non-hydrogen) atoms. The molecule has 1 N–H and O–H groups in total. The Balaban J connectivity index is 1.57. The number of esters is 1. The predicted octanol–water partition coefficient (Wildman–Crippen LogP) is 1.74. The molecule has 1 heterocycles. The summed E-state index contributed by atoms with van der Waals surface area (Å²) in [6, 6.07) is 4.01. The molecular formula is C16H16N2O6. The van der Waals surface area contributed by atoms with Crippen molar-refractivity contribution >= 4 is 23.3 Å². The van der Waals surface area contributed by atoms with Crippen molar-refractivity contribution in [3.63, 3.8) is 0 Å². The molecule has 2 aliphatic carbocycles. The quantitative estimate of drug-likeness (QED) is 0.511. The van der Waals surface area contributed by atoms with Gasteiger partial charge in [-0.15, -0.1) is 0 Å². The number of hydrogen-bond acceptors (Lipinski definition) is 6. The average molecular weight is 332 g/mol. The Morgan fingerprint density at radius 2 is 2.21 bits per heavy atom. The third-order valence-corrected chi connectivity index (χ3v) is 5.44. The van der Waals surface area contributed by atoms with Crippen molar-refractivity contribution in [1.29, 1.82) is 0 Å². The summed E-state index contributed by atoms with van der Waals surface area (Å²) >= 11 is 0. The molecule has 1 aromatic carbocycles. The predicted molar refractivity (Wildman–Crippen MR) is 81.4 cm³/mol. The number of methoxy groups -OCH3 is 1. The molecule has 1 aliphatic heterocycles. The SMILES string of the molecule is COc1cc([N+](=O)[O-])ccc1NC(=O)[C@H]1[C@@H]2C[C@@H]3[C@@H]1C(=O)O[C@@H]3C2. The van der Waals surface area contributed by atoms with E-state index in [1.165, 1.54) is 25.3 Å². The van der Waals surface area contributed by atoms with Gasteiger partial charge >= 0.3 is 5.97 Å². The van der Waals surface area contributed by atoms with Crippen LogP contribution in [-0.2, 0) is 14.3 Å². The minimum atomic E-state index is -0.529. The molecule has 2 saturated carbocycles. The Labute approximate surface area is 137 Å². The van der Waals surface area contributed by atoms with E-state index in [0.29, 0.717) is 5.69 Å². The highest BCUT2D eigenvalue weighted by atomic mass is 16.6. The number of rotatable bonds is 4. The molecule has 1 amide bonds.